The Bertz CT molecular complexity index is 837. The number of carbonyl (C=O) groups is 1. The van der Waals surface area contributed by atoms with Crippen LogP contribution in [0.15, 0.2) is 4.34 Å². The van der Waals surface area contributed by atoms with E-state index >= 15 is 0 Å². The molecular weight excluding hydrogens is 370 g/mol. The zero-order valence-electron chi connectivity index (χ0n) is 11.5. The van der Waals surface area contributed by atoms with E-state index in [2.05, 4.69) is 10.2 Å². The highest BCUT2D eigenvalue weighted by Gasteiger charge is 2.42. The van der Waals surface area contributed by atoms with Gasteiger partial charge in [0.25, 0.3) is 0 Å². The fraction of sp³-hybridized carbons (Fsp3) is 0.182. The number of anilines is 1. The standard InChI is InChI=1S/C11H7BF3N3O4S2/c13-5-2-1-3(23-11-18-17-10(16)24-11)12(21)22-8(2)4(9(19)20)6(14)7(5)15/h3,21H,1H2,(H2,16,17)(H,19,20). The molecule has 24 heavy (non-hydrogen) atoms. The maximum absolute atomic E-state index is 14.0. The van der Waals surface area contributed by atoms with E-state index in [9.17, 15) is 23.0 Å². The number of hydrogen-bond acceptors (Lipinski definition) is 8. The lowest BCUT2D eigenvalue weighted by Crippen LogP contribution is -2.41. The quantitative estimate of drug-likeness (QED) is 0.542. The van der Waals surface area contributed by atoms with Gasteiger partial charge in [0.2, 0.25) is 5.13 Å². The summed E-state index contributed by atoms with van der Waals surface area (Å²) in [6, 6.07) is 0. The molecule has 126 valence electrons. The molecule has 7 nitrogen and oxygen atoms in total. The van der Waals surface area contributed by atoms with Gasteiger partial charge in [0, 0.05) is 5.56 Å². The molecule has 0 radical (unpaired) electrons. The minimum Gasteiger partial charge on any atom is -0.534 e. The lowest BCUT2D eigenvalue weighted by Gasteiger charge is -2.28. The third kappa shape index (κ3) is 2.78. The van der Waals surface area contributed by atoms with E-state index in [0.29, 0.717) is 4.34 Å². The highest BCUT2D eigenvalue weighted by Crippen LogP contribution is 2.40. The van der Waals surface area contributed by atoms with Crippen LogP contribution in [0.3, 0.4) is 0 Å². The van der Waals surface area contributed by atoms with E-state index in [1.165, 1.54) is 0 Å². The maximum atomic E-state index is 14.0. The largest absolute Gasteiger partial charge is 0.537 e. The van der Waals surface area contributed by atoms with Gasteiger partial charge >= 0.3 is 13.1 Å². The molecule has 3 rings (SSSR count). The minimum absolute atomic E-state index is 0.177. The van der Waals surface area contributed by atoms with Crippen molar-refractivity contribution in [2.45, 2.75) is 15.9 Å². The SMILES string of the molecule is Nc1nnc(SC2Cc3c(F)c(F)c(F)c(C(=O)O)c3OB2O)s1. The molecule has 0 bridgehead atoms. The number of carboxylic acids is 1. The Morgan fingerprint density at radius 1 is 1.33 bits per heavy atom. The number of benzene rings is 1. The van der Waals surface area contributed by atoms with Gasteiger partial charge in [-0.3, -0.25) is 0 Å². The van der Waals surface area contributed by atoms with E-state index in [1.807, 2.05) is 0 Å². The summed E-state index contributed by atoms with van der Waals surface area (Å²) in [7, 11) is -1.59. The first-order valence-electron chi connectivity index (χ1n) is 6.32. The highest BCUT2D eigenvalue weighted by molar-refractivity contribution is 8.02. The fourth-order valence-electron chi connectivity index (χ4n) is 2.19. The van der Waals surface area contributed by atoms with Gasteiger partial charge in [-0.25, -0.2) is 18.0 Å². The van der Waals surface area contributed by atoms with Gasteiger partial charge in [-0.1, -0.05) is 23.1 Å². The molecule has 2 heterocycles. The van der Waals surface area contributed by atoms with Crippen molar-refractivity contribution in [3.8, 4) is 5.75 Å². The predicted molar refractivity (Wildman–Crippen MR) is 79.5 cm³/mol. The molecule has 0 amide bonds. The molecule has 1 aromatic heterocycles. The number of fused-ring (bicyclic) bond motifs is 1. The first-order valence-corrected chi connectivity index (χ1v) is 8.02. The molecule has 1 aromatic carbocycles. The number of nitrogen functional groups attached to an aromatic ring is 1. The number of carboxylic acid groups (broad SMARTS) is 1. The van der Waals surface area contributed by atoms with Crippen molar-refractivity contribution in [3.05, 3.63) is 28.6 Å². The number of nitrogens with two attached hydrogens (primary N) is 1. The van der Waals surface area contributed by atoms with Gasteiger partial charge in [0.05, 0.1) is 5.15 Å². The molecule has 0 saturated heterocycles. The van der Waals surface area contributed by atoms with E-state index < -0.39 is 52.6 Å². The molecule has 1 aliphatic rings. The molecule has 0 saturated carbocycles. The second-order valence-corrected chi connectivity index (χ2v) is 7.20. The van der Waals surface area contributed by atoms with Crippen LogP contribution in [0.5, 0.6) is 5.75 Å². The normalized spacial score (nSPS) is 16.7. The van der Waals surface area contributed by atoms with Crippen LogP contribution in [0.25, 0.3) is 0 Å². The Labute approximate surface area is 140 Å². The number of nitrogens with zero attached hydrogens (tertiary/aromatic N) is 2. The van der Waals surface area contributed by atoms with Gasteiger partial charge in [-0.05, 0) is 6.42 Å². The molecule has 1 aliphatic heterocycles. The van der Waals surface area contributed by atoms with Crippen molar-refractivity contribution in [2.75, 3.05) is 5.73 Å². The molecule has 2 aromatic rings. The summed E-state index contributed by atoms with van der Waals surface area (Å²) in [5, 5.41) is 25.6. The van der Waals surface area contributed by atoms with Crippen molar-refractivity contribution >= 4 is 41.3 Å². The minimum atomic E-state index is -1.91. The van der Waals surface area contributed by atoms with E-state index in [-0.39, 0.29) is 11.6 Å². The average Bonchev–Trinajstić information content (AvgIpc) is 2.92. The number of rotatable bonds is 3. The highest BCUT2D eigenvalue weighted by atomic mass is 32.2. The Balaban J connectivity index is 2.01. The van der Waals surface area contributed by atoms with Crippen LogP contribution in [-0.4, -0.2) is 38.6 Å². The molecule has 0 aliphatic carbocycles. The lowest BCUT2D eigenvalue weighted by molar-refractivity contribution is 0.0687. The number of aromatic nitrogens is 2. The summed E-state index contributed by atoms with van der Waals surface area (Å²) in [6.07, 6.45) is -0.302. The molecule has 0 spiro atoms. The second-order valence-electron chi connectivity index (χ2n) is 4.70. The van der Waals surface area contributed by atoms with E-state index in [0.717, 1.165) is 23.1 Å². The van der Waals surface area contributed by atoms with Gasteiger partial charge < -0.3 is 20.5 Å². The van der Waals surface area contributed by atoms with Crippen molar-refractivity contribution in [1.82, 2.24) is 10.2 Å². The van der Waals surface area contributed by atoms with Gasteiger partial charge in [0.1, 0.15) is 11.3 Å². The predicted octanol–water partition coefficient (Wildman–Crippen LogP) is 1.35. The number of halogens is 3. The molecular formula is C11H7BF3N3O4S2. The molecule has 4 N–H and O–H groups in total. The van der Waals surface area contributed by atoms with Crippen molar-refractivity contribution in [3.63, 3.8) is 0 Å². The Morgan fingerprint density at radius 2 is 2.04 bits per heavy atom. The van der Waals surface area contributed by atoms with E-state index in [4.69, 9.17) is 15.5 Å². The third-order valence-corrected chi connectivity index (χ3v) is 5.29. The molecule has 1 atom stereocenters. The zero-order valence-corrected chi connectivity index (χ0v) is 13.1. The monoisotopic (exact) mass is 377 g/mol. The third-order valence-electron chi connectivity index (χ3n) is 3.22. The Morgan fingerprint density at radius 3 is 2.62 bits per heavy atom. The van der Waals surface area contributed by atoms with Crippen LogP contribution in [0.1, 0.15) is 15.9 Å². The first-order chi connectivity index (χ1) is 11.3. The first kappa shape index (κ1) is 16.9. The van der Waals surface area contributed by atoms with Crippen molar-refractivity contribution in [1.29, 1.82) is 0 Å². The smallest absolute Gasteiger partial charge is 0.534 e. The van der Waals surface area contributed by atoms with Crippen LogP contribution in [0, 0.1) is 17.5 Å². The summed E-state index contributed by atoms with van der Waals surface area (Å²) in [4.78, 5) is 11.1. The number of hydrogen-bond donors (Lipinski definition) is 3. The van der Waals surface area contributed by atoms with Crippen LogP contribution >= 0.6 is 23.1 Å². The van der Waals surface area contributed by atoms with Gasteiger partial charge in [-0.15, -0.1) is 10.2 Å². The van der Waals surface area contributed by atoms with Crippen LogP contribution in [-0.2, 0) is 6.42 Å². The lowest BCUT2D eigenvalue weighted by atomic mass is 9.77. The molecule has 0 fully saturated rings. The molecule has 1 unspecified atom stereocenters. The fourth-order valence-corrected chi connectivity index (χ4v) is 4.12. The average molecular weight is 377 g/mol. The summed E-state index contributed by atoms with van der Waals surface area (Å²) in [6.45, 7) is 0. The number of aromatic carboxylic acids is 1. The Kier molecular flexibility index (Phi) is 4.32. The Hall–Kier alpha value is -1.99. The van der Waals surface area contributed by atoms with Crippen LogP contribution in [0.2, 0.25) is 0 Å². The zero-order chi connectivity index (χ0) is 17.6. The van der Waals surface area contributed by atoms with Crippen LogP contribution in [0.4, 0.5) is 18.3 Å². The maximum Gasteiger partial charge on any atom is 0.537 e. The summed E-state index contributed by atoms with van der Waals surface area (Å²) >= 11 is 1.96. The second kappa shape index (κ2) is 6.14. The van der Waals surface area contributed by atoms with Gasteiger partial charge in [0.15, 0.2) is 21.8 Å². The summed E-state index contributed by atoms with van der Waals surface area (Å²) in [5.41, 5.74) is 3.80. The van der Waals surface area contributed by atoms with Gasteiger partial charge in [-0.2, -0.15) is 0 Å². The van der Waals surface area contributed by atoms with Crippen LogP contribution < -0.4 is 10.4 Å². The van der Waals surface area contributed by atoms with E-state index in [1.54, 1.807) is 0 Å². The summed E-state index contributed by atoms with van der Waals surface area (Å²) < 4.78 is 46.6. The van der Waals surface area contributed by atoms with Crippen molar-refractivity contribution in [2.24, 2.45) is 0 Å². The molecule has 13 heteroatoms. The van der Waals surface area contributed by atoms with Crippen molar-refractivity contribution < 1.29 is 32.8 Å². The topological polar surface area (TPSA) is 119 Å². The number of thioether (sulfide) groups is 1. The summed E-state index contributed by atoms with van der Waals surface area (Å²) in [5.74, 6) is -7.90.